The Morgan fingerprint density at radius 1 is 1.45 bits per heavy atom. The number of quaternary nitrogens is 1. The minimum Gasteiger partial charge on any atom is -0.785 e. The molecule has 1 saturated heterocycles. The standard InChI is InChI=1S/C5H10N3O3/c6-5(9)8(11)3-1-7(10)2-4-8/h1-4H2,(H2,6,9)/q-1. The van der Waals surface area contributed by atoms with Crippen LogP contribution in [0, 0.1) is 10.4 Å². The van der Waals surface area contributed by atoms with Gasteiger partial charge in [-0.15, -0.1) is 0 Å². The Hall–Kier alpha value is -0.690. The number of hydroxylamine groups is 5. The lowest BCUT2D eigenvalue weighted by Gasteiger charge is -2.46. The third-order valence-corrected chi connectivity index (χ3v) is 1.82. The number of piperazine rings is 1. The molecule has 0 saturated carbocycles. The highest BCUT2D eigenvalue weighted by Crippen LogP contribution is 2.09. The third kappa shape index (κ3) is 1.66. The van der Waals surface area contributed by atoms with Crippen molar-refractivity contribution in [2.24, 2.45) is 5.73 Å². The van der Waals surface area contributed by atoms with Crippen LogP contribution in [0.1, 0.15) is 0 Å². The van der Waals surface area contributed by atoms with Crippen molar-refractivity contribution >= 4 is 6.03 Å². The van der Waals surface area contributed by atoms with Gasteiger partial charge < -0.3 is 21.2 Å². The lowest BCUT2D eigenvalue weighted by Crippen LogP contribution is -2.59. The molecule has 64 valence electrons. The van der Waals surface area contributed by atoms with Crippen molar-refractivity contribution in [3.63, 3.8) is 0 Å². The van der Waals surface area contributed by atoms with Crippen molar-refractivity contribution in [2.75, 3.05) is 26.2 Å². The summed E-state index contributed by atoms with van der Waals surface area (Å²) in [5, 5.41) is 22.6. The van der Waals surface area contributed by atoms with Gasteiger partial charge >= 0.3 is 6.03 Å². The fourth-order valence-corrected chi connectivity index (χ4v) is 0.990. The molecule has 0 aromatic heterocycles. The van der Waals surface area contributed by atoms with Crippen LogP contribution < -0.4 is 5.73 Å². The first-order valence-electron chi connectivity index (χ1n) is 3.35. The third-order valence-electron chi connectivity index (χ3n) is 1.82. The Morgan fingerprint density at radius 2 is 1.91 bits per heavy atom. The van der Waals surface area contributed by atoms with E-state index in [1.165, 1.54) is 0 Å². The van der Waals surface area contributed by atoms with E-state index < -0.39 is 10.7 Å². The second-order valence-corrected chi connectivity index (χ2v) is 2.60. The van der Waals surface area contributed by atoms with Crippen LogP contribution in [0.2, 0.25) is 0 Å². The van der Waals surface area contributed by atoms with Crippen molar-refractivity contribution in [3.8, 4) is 0 Å². The maximum Gasteiger partial charge on any atom is 0.414 e. The molecule has 0 atom stereocenters. The van der Waals surface area contributed by atoms with E-state index in [-0.39, 0.29) is 26.2 Å². The van der Waals surface area contributed by atoms with Crippen LogP contribution in [-0.2, 0) is 0 Å². The van der Waals surface area contributed by atoms with E-state index in [1.807, 2.05) is 0 Å². The topological polar surface area (TPSA) is 92.5 Å². The van der Waals surface area contributed by atoms with Gasteiger partial charge in [0, 0.05) is 13.1 Å². The van der Waals surface area contributed by atoms with Crippen LogP contribution in [0.5, 0.6) is 0 Å². The number of carbonyl (C=O) groups excluding carboxylic acids is 1. The molecule has 0 aromatic carbocycles. The molecule has 6 nitrogen and oxygen atoms in total. The summed E-state index contributed by atoms with van der Waals surface area (Å²) in [4.78, 5) is 10.5. The molecule has 1 rings (SSSR count). The van der Waals surface area contributed by atoms with Gasteiger partial charge in [-0.05, 0) is 0 Å². The zero-order valence-electron chi connectivity index (χ0n) is 6.02. The Bertz CT molecular complexity index is 164. The fraction of sp³-hybridized carbons (Fsp3) is 0.800. The molecule has 2 amide bonds. The molecule has 1 aliphatic rings. The maximum absolute atomic E-state index is 11.3. The number of nitrogens with two attached hydrogens (primary N) is 1. The van der Waals surface area contributed by atoms with Crippen molar-refractivity contribution in [2.45, 2.75) is 0 Å². The molecule has 0 aromatic rings. The van der Waals surface area contributed by atoms with E-state index in [0.717, 1.165) is 5.06 Å². The Morgan fingerprint density at radius 3 is 2.27 bits per heavy atom. The first kappa shape index (κ1) is 8.41. The summed E-state index contributed by atoms with van der Waals surface area (Å²) in [5.74, 6) is 0. The smallest absolute Gasteiger partial charge is 0.414 e. The average Bonchev–Trinajstić information content (AvgIpc) is 1.95. The quantitative estimate of drug-likeness (QED) is 0.370. The van der Waals surface area contributed by atoms with Gasteiger partial charge in [-0.2, -0.15) is 0 Å². The molecule has 0 aliphatic carbocycles. The summed E-state index contributed by atoms with van der Waals surface area (Å²) >= 11 is 0. The molecule has 1 aliphatic heterocycles. The van der Waals surface area contributed by atoms with Crippen molar-refractivity contribution in [1.29, 1.82) is 0 Å². The van der Waals surface area contributed by atoms with E-state index in [1.54, 1.807) is 0 Å². The number of nitrogens with zero attached hydrogens (tertiary/aromatic N) is 2. The molecule has 6 heteroatoms. The number of carbonyl (C=O) groups is 1. The molecule has 0 spiro atoms. The minimum atomic E-state index is -1.06. The zero-order chi connectivity index (χ0) is 8.48. The van der Waals surface area contributed by atoms with Gasteiger partial charge in [-0.25, -0.2) is 4.79 Å². The molecular weight excluding hydrogens is 150 g/mol. The van der Waals surface area contributed by atoms with Crippen molar-refractivity contribution < 1.29 is 9.44 Å². The largest absolute Gasteiger partial charge is 0.785 e. The lowest BCUT2D eigenvalue weighted by atomic mass is 10.4. The number of amides is 2. The van der Waals surface area contributed by atoms with Crippen LogP contribution in [-0.4, -0.2) is 41.9 Å². The van der Waals surface area contributed by atoms with E-state index in [4.69, 9.17) is 5.73 Å². The highest BCUT2D eigenvalue weighted by atomic mass is 16.6. The summed E-state index contributed by atoms with van der Waals surface area (Å²) in [7, 11) is 0. The van der Waals surface area contributed by atoms with Gasteiger partial charge in [0.05, 0.1) is 13.1 Å². The number of hydrogen-bond acceptors (Lipinski definition) is 4. The van der Waals surface area contributed by atoms with E-state index in [0.29, 0.717) is 0 Å². The highest BCUT2D eigenvalue weighted by molar-refractivity contribution is 5.64. The van der Waals surface area contributed by atoms with Crippen molar-refractivity contribution in [3.05, 3.63) is 10.4 Å². The van der Waals surface area contributed by atoms with Gasteiger partial charge in [0.2, 0.25) is 0 Å². The molecule has 0 bridgehead atoms. The van der Waals surface area contributed by atoms with Crippen LogP contribution in [0.15, 0.2) is 0 Å². The van der Waals surface area contributed by atoms with Gasteiger partial charge in [0.1, 0.15) is 0 Å². The lowest BCUT2D eigenvalue weighted by molar-refractivity contribution is -0.803. The van der Waals surface area contributed by atoms with E-state index in [9.17, 15) is 15.2 Å². The van der Waals surface area contributed by atoms with Crippen LogP contribution >= 0.6 is 0 Å². The second kappa shape index (κ2) is 2.74. The normalized spacial score (nSPS) is 24.9. The van der Waals surface area contributed by atoms with E-state index in [2.05, 4.69) is 0 Å². The van der Waals surface area contributed by atoms with Crippen LogP contribution in [0.25, 0.3) is 0 Å². The number of urea groups is 1. The molecular formula is C5H10N3O3-. The molecule has 0 radical (unpaired) electrons. The molecule has 1 fully saturated rings. The minimum absolute atomic E-state index is 0.0289. The Labute approximate surface area is 63.9 Å². The van der Waals surface area contributed by atoms with Gasteiger partial charge in [-0.1, -0.05) is 0 Å². The van der Waals surface area contributed by atoms with Crippen molar-refractivity contribution in [1.82, 2.24) is 5.06 Å². The number of hydrogen-bond donors (Lipinski definition) is 1. The monoisotopic (exact) mass is 160 g/mol. The van der Waals surface area contributed by atoms with Gasteiger partial charge in [0.25, 0.3) is 0 Å². The molecule has 0 unspecified atom stereocenters. The number of primary amides is 1. The summed E-state index contributed by atoms with van der Waals surface area (Å²) < 4.78 is -1.06. The molecule has 2 N–H and O–H groups in total. The predicted molar refractivity (Wildman–Crippen MR) is 37.9 cm³/mol. The average molecular weight is 160 g/mol. The maximum atomic E-state index is 11.3. The Kier molecular flexibility index (Phi) is 2.10. The fourth-order valence-electron chi connectivity index (χ4n) is 0.990. The first-order valence-corrected chi connectivity index (χ1v) is 3.35. The number of rotatable bonds is 0. The predicted octanol–water partition coefficient (Wildman–Crippen LogP) is -0.807. The summed E-state index contributed by atoms with van der Waals surface area (Å²) in [6.07, 6.45) is 0. The summed E-state index contributed by atoms with van der Waals surface area (Å²) in [6.45, 7) is 0.122. The second-order valence-electron chi connectivity index (χ2n) is 2.60. The van der Waals surface area contributed by atoms with Crippen LogP contribution in [0.4, 0.5) is 4.79 Å². The Balaban J connectivity index is 2.55. The summed E-state index contributed by atoms with van der Waals surface area (Å²) in [5.41, 5.74) is 4.85. The first-order chi connectivity index (χ1) is 5.04. The van der Waals surface area contributed by atoms with Gasteiger partial charge in [-0.3, -0.25) is 4.65 Å². The SMILES string of the molecule is NC(=O)[N+]1([O-])CCN([O-])CC1. The summed E-state index contributed by atoms with van der Waals surface area (Å²) in [6, 6.07) is -0.905. The van der Waals surface area contributed by atoms with E-state index >= 15 is 0 Å². The van der Waals surface area contributed by atoms with Gasteiger partial charge in [0.15, 0.2) is 0 Å². The zero-order valence-corrected chi connectivity index (χ0v) is 6.02. The van der Waals surface area contributed by atoms with Crippen LogP contribution in [0.3, 0.4) is 0 Å². The highest BCUT2D eigenvalue weighted by Gasteiger charge is 2.27. The molecule has 1 heterocycles. The molecule has 11 heavy (non-hydrogen) atoms.